The summed E-state index contributed by atoms with van der Waals surface area (Å²) in [6, 6.07) is 3.30. The summed E-state index contributed by atoms with van der Waals surface area (Å²) in [6.45, 7) is 8.90. The van der Waals surface area contributed by atoms with Crippen LogP contribution in [-0.2, 0) is 10.0 Å². The molecule has 3 N–H and O–H groups in total. The van der Waals surface area contributed by atoms with Gasteiger partial charge in [0.2, 0.25) is 10.0 Å². The number of nitrogens with zero attached hydrogens (tertiary/aromatic N) is 1. The van der Waals surface area contributed by atoms with Crippen LogP contribution in [0.2, 0.25) is 0 Å². The maximum atomic E-state index is 12.5. The summed E-state index contributed by atoms with van der Waals surface area (Å²) in [5.41, 5.74) is 7.70. The number of nitrogen functional groups attached to an aromatic ring is 1. The highest BCUT2D eigenvalue weighted by molar-refractivity contribution is 7.89. The fourth-order valence-electron chi connectivity index (χ4n) is 2.41. The topological polar surface area (TPSA) is 75.4 Å². The highest BCUT2D eigenvalue weighted by Crippen LogP contribution is 2.23. The number of nitrogens with one attached hydrogen (secondary N) is 1. The predicted molar refractivity (Wildman–Crippen MR) is 87.9 cm³/mol. The van der Waals surface area contributed by atoms with Crippen LogP contribution >= 0.6 is 0 Å². The third kappa shape index (κ3) is 4.98. The smallest absolute Gasteiger partial charge is 0.240 e. The maximum Gasteiger partial charge on any atom is 0.240 e. The average Bonchev–Trinajstić information content (AvgIpc) is 2.30. The van der Waals surface area contributed by atoms with Crippen molar-refractivity contribution in [1.29, 1.82) is 0 Å². The van der Waals surface area contributed by atoms with Crippen LogP contribution < -0.4 is 10.5 Å². The lowest BCUT2D eigenvalue weighted by Gasteiger charge is -2.28. The highest BCUT2D eigenvalue weighted by atomic mass is 32.2. The summed E-state index contributed by atoms with van der Waals surface area (Å²) in [5.74, 6) is 0. The SMILES string of the molecule is Cc1cc(N)cc(S(=O)(=O)NCC(C)(C)CN(C)C)c1C. The summed E-state index contributed by atoms with van der Waals surface area (Å²) in [6.07, 6.45) is 0. The van der Waals surface area contributed by atoms with E-state index in [-0.39, 0.29) is 10.3 Å². The van der Waals surface area contributed by atoms with Crippen LogP contribution in [0.3, 0.4) is 0 Å². The summed E-state index contributed by atoms with van der Waals surface area (Å²) in [7, 11) is 0.394. The fraction of sp³-hybridized carbons (Fsp3) is 0.600. The molecule has 120 valence electrons. The molecule has 0 aliphatic carbocycles. The highest BCUT2D eigenvalue weighted by Gasteiger charge is 2.24. The minimum absolute atomic E-state index is 0.153. The van der Waals surface area contributed by atoms with Crippen molar-refractivity contribution < 1.29 is 8.42 Å². The first-order valence-corrected chi connectivity index (χ1v) is 8.44. The van der Waals surface area contributed by atoms with Gasteiger partial charge in [-0.15, -0.1) is 0 Å². The monoisotopic (exact) mass is 313 g/mol. The van der Waals surface area contributed by atoms with Crippen molar-refractivity contribution in [2.24, 2.45) is 5.41 Å². The number of nitrogens with two attached hydrogens (primary N) is 1. The Balaban J connectivity index is 2.98. The van der Waals surface area contributed by atoms with Crippen molar-refractivity contribution in [1.82, 2.24) is 9.62 Å². The zero-order chi connectivity index (χ0) is 16.4. The Hall–Kier alpha value is -1.11. The number of anilines is 1. The van der Waals surface area contributed by atoms with Gasteiger partial charge in [-0.05, 0) is 56.6 Å². The lowest BCUT2D eigenvalue weighted by Crippen LogP contribution is -2.40. The fourth-order valence-corrected chi connectivity index (χ4v) is 4.00. The van der Waals surface area contributed by atoms with Crippen molar-refractivity contribution in [2.75, 3.05) is 32.9 Å². The zero-order valence-corrected chi connectivity index (χ0v) is 14.6. The summed E-state index contributed by atoms with van der Waals surface area (Å²) in [5, 5.41) is 0. The number of benzene rings is 1. The van der Waals surface area contributed by atoms with Gasteiger partial charge in [0.1, 0.15) is 0 Å². The van der Waals surface area contributed by atoms with Gasteiger partial charge in [0, 0.05) is 18.8 Å². The normalized spacial score (nSPS) is 12.9. The van der Waals surface area contributed by atoms with Gasteiger partial charge in [-0.1, -0.05) is 13.8 Å². The number of hydrogen-bond acceptors (Lipinski definition) is 4. The number of sulfonamides is 1. The quantitative estimate of drug-likeness (QED) is 0.785. The molecule has 1 aromatic carbocycles. The predicted octanol–water partition coefficient (Wildman–Crippen LogP) is 1.75. The third-order valence-corrected chi connectivity index (χ3v) is 4.94. The average molecular weight is 313 g/mol. The van der Waals surface area contributed by atoms with E-state index in [2.05, 4.69) is 4.72 Å². The van der Waals surface area contributed by atoms with Gasteiger partial charge < -0.3 is 10.6 Å². The molecule has 0 aliphatic rings. The molecule has 0 aromatic heterocycles. The summed E-state index contributed by atoms with van der Waals surface area (Å²) >= 11 is 0. The Bertz CT molecular complexity index is 608. The molecule has 0 spiro atoms. The van der Waals surface area contributed by atoms with Gasteiger partial charge in [0.15, 0.2) is 0 Å². The van der Waals surface area contributed by atoms with E-state index in [0.29, 0.717) is 12.2 Å². The molecule has 0 radical (unpaired) electrons. The van der Waals surface area contributed by atoms with E-state index in [1.165, 1.54) is 6.07 Å². The van der Waals surface area contributed by atoms with E-state index >= 15 is 0 Å². The Morgan fingerprint density at radius 2 is 1.81 bits per heavy atom. The van der Waals surface area contributed by atoms with Crippen molar-refractivity contribution in [3.8, 4) is 0 Å². The van der Waals surface area contributed by atoms with E-state index in [9.17, 15) is 8.42 Å². The minimum atomic E-state index is -3.55. The molecule has 1 aromatic rings. The molecule has 0 unspecified atom stereocenters. The first-order valence-electron chi connectivity index (χ1n) is 6.96. The Morgan fingerprint density at radius 1 is 1.24 bits per heavy atom. The van der Waals surface area contributed by atoms with Crippen LogP contribution in [0.5, 0.6) is 0 Å². The Kier molecular flexibility index (Phi) is 5.41. The summed E-state index contributed by atoms with van der Waals surface area (Å²) < 4.78 is 27.7. The van der Waals surface area contributed by atoms with Gasteiger partial charge in [0.05, 0.1) is 4.90 Å². The second-order valence-electron chi connectivity index (χ2n) is 6.69. The lowest BCUT2D eigenvalue weighted by molar-refractivity contribution is 0.242. The standard InChI is InChI=1S/C15H27N3O2S/c1-11-7-13(16)8-14(12(11)2)21(19,20)17-9-15(3,4)10-18(5)6/h7-8,17H,9-10,16H2,1-6H3. The second-order valence-corrected chi connectivity index (χ2v) is 8.42. The molecule has 0 atom stereocenters. The minimum Gasteiger partial charge on any atom is -0.399 e. The molecule has 0 saturated heterocycles. The first kappa shape index (κ1) is 17.9. The molecule has 0 aliphatic heterocycles. The first-order chi connectivity index (χ1) is 9.44. The zero-order valence-electron chi connectivity index (χ0n) is 13.8. The van der Waals surface area contributed by atoms with Gasteiger partial charge in [-0.2, -0.15) is 0 Å². The van der Waals surface area contributed by atoms with E-state index in [1.54, 1.807) is 13.0 Å². The molecule has 5 nitrogen and oxygen atoms in total. The van der Waals surface area contributed by atoms with Crippen LogP contribution in [0.15, 0.2) is 17.0 Å². The lowest BCUT2D eigenvalue weighted by atomic mass is 9.93. The van der Waals surface area contributed by atoms with Crippen molar-refractivity contribution in [2.45, 2.75) is 32.6 Å². The summed E-state index contributed by atoms with van der Waals surface area (Å²) in [4.78, 5) is 2.31. The van der Waals surface area contributed by atoms with Crippen LogP contribution in [-0.4, -0.2) is 40.5 Å². The van der Waals surface area contributed by atoms with Gasteiger partial charge in [0.25, 0.3) is 0 Å². The molecular weight excluding hydrogens is 286 g/mol. The van der Waals surface area contributed by atoms with Crippen LogP contribution in [0.1, 0.15) is 25.0 Å². The Morgan fingerprint density at radius 3 is 2.33 bits per heavy atom. The molecular formula is C15H27N3O2S. The second kappa shape index (κ2) is 6.34. The van der Waals surface area contributed by atoms with Gasteiger partial charge >= 0.3 is 0 Å². The van der Waals surface area contributed by atoms with Crippen molar-refractivity contribution in [3.05, 3.63) is 23.3 Å². The number of aryl methyl sites for hydroxylation is 1. The van der Waals surface area contributed by atoms with E-state index in [4.69, 9.17) is 5.73 Å². The molecule has 1 rings (SSSR count). The molecule has 0 amide bonds. The molecule has 0 saturated carbocycles. The van der Waals surface area contributed by atoms with Gasteiger partial charge in [-0.25, -0.2) is 13.1 Å². The number of rotatable bonds is 6. The third-order valence-electron chi connectivity index (χ3n) is 3.42. The van der Waals surface area contributed by atoms with Crippen molar-refractivity contribution in [3.63, 3.8) is 0 Å². The molecule has 0 fully saturated rings. The molecule has 0 heterocycles. The van der Waals surface area contributed by atoms with E-state index in [0.717, 1.165) is 17.7 Å². The van der Waals surface area contributed by atoms with Crippen LogP contribution in [0, 0.1) is 19.3 Å². The van der Waals surface area contributed by atoms with Crippen LogP contribution in [0.4, 0.5) is 5.69 Å². The van der Waals surface area contributed by atoms with E-state index < -0.39 is 10.0 Å². The molecule has 6 heteroatoms. The maximum absolute atomic E-state index is 12.5. The largest absolute Gasteiger partial charge is 0.399 e. The van der Waals surface area contributed by atoms with Crippen molar-refractivity contribution >= 4 is 15.7 Å². The van der Waals surface area contributed by atoms with E-state index in [1.807, 2.05) is 39.8 Å². The van der Waals surface area contributed by atoms with Gasteiger partial charge in [-0.3, -0.25) is 0 Å². The Labute approximate surface area is 128 Å². The molecule has 21 heavy (non-hydrogen) atoms. The van der Waals surface area contributed by atoms with Crippen LogP contribution in [0.25, 0.3) is 0 Å². The molecule has 0 bridgehead atoms. The number of hydrogen-bond donors (Lipinski definition) is 2.